The van der Waals surface area contributed by atoms with E-state index in [4.69, 9.17) is 4.74 Å². The molecular formula is C32H36F2O. The molecule has 0 unspecified atom stereocenters. The van der Waals surface area contributed by atoms with Crippen LogP contribution in [0.3, 0.4) is 0 Å². The highest BCUT2D eigenvalue weighted by molar-refractivity contribution is 5.65. The monoisotopic (exact) mass is 474 g/mol. The van der Waals surface area contributed by atoms with E-state index in [1.54, 1.807) is 6.07 Å². The smallest absolute Gasteiger partial charge is 0.201 e. The molecule has 0 aromatic heterocycles. The van der Waals surface area contributed by atoms with Gasteiger partial charge in [-0.3, -0.25) is 0 Å². The summed E-state index contributed by atoms with van der Waals surface area (Å²) in [5.41, 5.74) is 5.08. The molecule has 3 aromatic rings. The maximum atomic E-state index is 14.4. The Morgan fingerprint density at radius 2 is 1.46 bits per heavy atom. The molecule has 1 aliphatic carbocycles. The fourth-order valence-electron chi connectivity index (χ4n) is 5.19. The number of halogens is 2. The fraction of sp³-hybridized carbons (Fsp3) is 0.375. The number of hydrogen-bond donors (Lipinski definition) is 0. The summed E-state index contributed by atoms with van der Waals surface area (Å²) in [6, 6.07) is 20.1. The maximum absolute atomic E-state index is 14.4. The molecule has 0 radical (unpaired) electrons. The zero-order chi connectivity index (χ0) is 24.6. The van der Waals surface area contributed by atoms with E-state index in [-0.39, 0.29) is 11.3 Å². The summed E-state index contributed by atoms with van der Waals surface area (Å²) >= 11 is 0. The molecule has 1 aliphatic rings. The van der Waals surface area contributed by atoms with Gasteiger partial charge in [0.1, 0.15) is 0 Å². The van der Waals surface area contributed by atoms with Crippen LogP contribution in [-0.2, 0) is 12.8 Å². The van der Waals surface area contributed by atoms with E-state index in [9.17, 15) is 8.78 Å². The Morgan fingerprint density at radius 1 is 0.800 bits per heavy atom. The molecule has 0 spiro atoms. The lowest BCUT2D eigenvalue weighted by molar-refractivity contribution is 0.372. The molecule has 35 heavy (non-hydrogen) atoms. The lowest BCUT2D eigenvalue weighted by atomic mass is 9.78. The minimum atomic E-state index is -0.940. The molecule has 0 amide bonds. The van der Waals surface area contributed by atoms with E-state index in [0.29, 0.717) is 17.4 Å². The van der Waals surface area contributed by atoms with E-state index >= 15 is 0 Å². The second kappa shape index (κ2) is 12.2. The van der Waals surface area contributed by atoms with E-state index in [1.807, 2.05) is 12.1 Å². The van der Waals surface area contributed by atoms with Crippen LogP contribution in [0.5, 0.6) is 5.75 Å². The average Bonchev–Trinajstić information content (AvgIpc) is 2.90. The van der Waals surface area contributed by atoms with Crippen LogP contribution in [0.25, 0.3) is 11.1 Å². The van der Waals surface area contributed by atoms with Crippen molar-refractivity contribution in [1.29, 1.82) is 0 Å². The van der Waals surface area contributed by atoms with Crippen LogP contribution >= 0.6 is 0 Å². The van der Waals surface area contributed by atoms with Crippen molar-refractivity contribution in [3.05, 3.63) is 101 Å². The van der Waals surface area contributed by atoms with E-state index in [2.05, 4.69) is 55.5 Å². The number of aryl methyl sites for hydroxylation is 2. The predicted octanol–water partition coefficient (Wildman–Crippen LogP) is 9.06. The van der Waals surface area contributed by atoms with Gasteiger partial charge in [-0.2, -0.15) is 4.39 Å². The van der Waals surface area contributed by atoms with Gasteiger partial charge in [0.2, 0.25) is 5.82 Å². The fourth-order valence-corrected chi connectivity index (χ4v) is 5.19. The van der Waals surface area contributed by atoms with Crippen LogP contribution in [0.2, 0.25) is 0 Å². The van der Waals surface area contributed by atoms with Crippen molar-refractivity contribution in [3.8, 4) is 16.9 Å². The van der Waals surface area contributed by atoms with Crippen LogP contribution in [0.4, 0.5) is 8.78 Å². The number of ether oxygens (including phenoxy) is 1. The van der Waals surface area contributed by atoms with Gasteiger partial charge in [0.25, 0.3) is 0 Å². The number of hydrogen-bond acceptors (Lipinski definition) is 1. The maximum Gasteiger partial charge on any atom is 0.201 e. The summed E-state index contributed by atoms with van der Waals surface area (Å²) in [6.07, 6.45) is 14.1. The molecule has 0 heterocycles. The third kappa shape index (κ3) is 6.39. The molecule has 1 fully saturated rings. The van der Waals surface area contributed by atoms with Crippen molar-refractivity contribution in [2.45, 2.75) is 64.2 Å². The highest BCUT2D eigenvalue weighted by Gasteiger charge is 2.21. The molecule has 0 N–H and O–H groups in total. The molecule has 0 atom stereocenters. The van der Waals surface area contributed by atoms with Gasteiger partial charge in [0, 0.05) is 5.56 Å². The topological polar surface area (TPSA) is 9.23 Å². The van der Waals surface area contributed by atoms with Crippen LogP contribution in [-0.4, -0.2) is 7.11 Å². The van der Waals surface area contributed by atoms with E-state index in [0.717, 1.165) is 19.3 Å². The molecule has 0 aliphatic heterocycles. The van der Waals surface area contributed by atoms with Gasteiger partial charge >= 0.3 is 0 Å². The van der Waals surface area contributed by atoms with Crippen LogP contribution < -0.4 is 4.74 Å². The van der Waals surface area contributed by atoms with E-state index in [1.165, 1.54) is 62.0 Å². The van der Waals surface area contributed by atoms with Crippen LogP contribution in [0.1, 0.15) is 68.1 Å². The zero-order valence-corrected chi connectivity index (χ0v) is 20.9. The van der Waals surface area contributed by atoms with Gasteiger partial charge < -0.3 is 4.74 Å². The van der Waals surface area contributed by atoms with E-state index < -0.39 is 11.6 Å². The Balaban J connectivity index is 1.26. The molecule has 1 saturated carbocycles. The molecule has 1 nitrogen and oxygen atoms in total. The average molecular weight is 475 g/mol. The van der Waals surface area contributed by atoms with Crippen molar-refractivity contribution in [1.82, 2.24) is 0 Å². The predicted molar refractivity (Wildman–Crippen MR) is 141 cm³/mol. The number of methoxy groups -OCH3 is 1. The van der Waals surface area contributed by atoms with Crippen LogP contribution in [0, 0.1) is 17.6 Å². The first kappa shape index (κ1) is 25.2. The summed E-state index contributed by atoms with van der Waals surface area (Å²) in [5, 5.41) is 0. The molecule has 3 heteroatoms. The quantitative estimate of drug-likeness (QED) is 0.281. The highest BCUT2D eigenvalue weighted by Crippen LogP contribution is 2.37. The Morgan fingerprint density at radius 3 is 2.09 bits per heavy atom. The van der Waals surface area contributed by atoms with Gasteiger partial charge in [-0.25, -0.2) is 4.39 Å². The highest BCUT2D eigenvalue weighted by atomic mass is 19.2. The minimum Gasteiger partial charge on any atom is -0.494 e. The number of rotatable bonds is 9. The Bertz CT molecular complexity index is 1110. The molecule has 184 valence electrons. The summed E-state index contributed by atoms with van der Waals surface area (Å²) in [7, 11) is 1.34. The second-order valence-corrected chi connectivity index (χ2v) is 9.71. The van der Waals surface area contributed by atoms with Gasteiger partial charge in [-0.1, -0.05) is 74.0 Å². The van der Waals surface area contributed by atoms with Crippen molar-refractivity contribution in [2.24, 2.45) is 5.92 Å². The van der Waals surface area contributed by atoms with Crippen molar-refractivity contribution in [2.75, 3.05) is 7.11 Å². The SMILES string of the molecule is CCCc1ccc(CC/C=C/C2CCC(c3ccc(-c4ccc(OC)c(F)c4F)cc3)CC2)cc1. The third-order valence-corrected chi connectivity index (χ3v) is 7.30. The van der Waals surface area contributed by atoms with Gasteiger partial charge in [-0.05, 0) is 91.2 Å². The summed E-state index contributed by atoms with van der Waals surface area (Å²) < 4.78 is 33.4. The van der Waals surface area contributed by atoms with Gasteiger partial charge in [-0.15, -0.1) is 0 Å². The third-order valence-electron chi connectivity index (χ3n) is 7.30. The lowest BCUT2D eigenvalue weighted by Crippen LogP contribution is -2.11. The molecule has 0 bridgehead atoms. The van der Waals surface area contributed by atoms with Crippen molar-refractivity contribution < 1.29 is 13.5 Å². The molecule has 0 saturated heterocycles. The van der Waals surface area contributed by atoms with Crippen LogP contribution in [0.15, 0.2) is 72.8 Å². The second-order valence-electron chi connectivity index (χ2n) is 9.71. The standard InChI is InChI=1S/C32H36F2O/c1-3-6-23-9-11-24(12-10-23)7-4-5-8-25-13-15-26(16-14-25)27-17-19-28(20-18-27)29-21-22-30(35-2)32(34)31(29)33/h5,8-12,17-22,25-26H,3-4,6-7,13-16H2,1-2H3/b8-5+. The Labute approximate surface area is 208 Å². The number of allylic oxidation sites excluding steroid dienone is 2. The zero-order valence-electron chi connectivity index (χ0n) is 20.9. The molecular weight excluding hydrogens is 438 g/mol. The van der Waals surface area contributed by atoms with Gasteiger partial charge in [0.05, 0.1) is 7.11 Å². The van der Waals surface area contributed by atoms with Gasteiger partial charge in [0.15, 0.2) is 11.6 Å². The Hall–Kier alpha value is -2.94. The first-order chi connectivity index (χ1) is 17.1. The minimum absolute atomic E-state index is 0.0743. The summed E-state index contributed by atoms with van der Waals surface area (Å²) in [6.45, 7) is 2.22. The normalized spacial score (nSPS) is 18.2. The first-order valence-electron chi connectivity index (χ1n) is 13.0. The summed E-state index contributed by atoms with van der Waals surface area (Å²) in [5.74, 6) is -0.681. The first-order valence-corrected chi connectivity index (χ1v) is 13.0. The largest absolute Gasteiger partial charge is 0.494 e. The molecule has 4 rings (SSSR count). The number of benzene rings is 3. The molecule has 3 aromatic carbocycles. The Kier molecular flexibility index (Phi) is 8.74. The van der Waals surface area contributed by atoms with Crippen molar-refractivity contribution in [3.63, 3.8) is 0 Å². The van der Waals surface area contributed by atoms with Crippen molar-refractivity contribution >= 4 is 0 Å². The summed E-state index contributed by atoms with van der Waals surface area (Å²) in [4.78, 5) is 0. The lowest BCUT2D eigenvalue weighted by Gasteiger charge is -2.27.